The van der Waals surface area contributed by atoms with Crippen LogP contribution < -0.4 is 4.74 Å². The lowest BCUT2D eigenvalue weighted by Gasteiger charge is -2.33. The monoisotopic (exact) mass is 251 g/mol. The van der Waals surface area contributed by atoms with Gasteiger partial charge in [0.25, 0.3) is 5.91 Å². The molecule has 5 heteroatoms. The molecule has 0 bridgehead atoms. The van der Waals surface area contributed by atoms with Gasteiger partial charge in [-0.15, -0.1) is 0 Å². The van der Waals surface area contributed by atoms with Gasteiger partial charge in [-0.3, -0.25) is 4.79 Å². The van der Waals surface area contributed by atoms with E-state index in [1.807, 2.05) is 6.92 Å². The van der Waals surface area contributed by atoms with Crippen molar-refractivity contribution in [2.75, 3.05) is 26.9 Å². The van der Waals surface area contributed by atoms with Gasteiger partial charge in [0.15, 0.2) is 0 Å². The van der Waals surface area contributed by atoms with Crippen molar-refractivity contribution in [1.82, 2.24) is 4.90 Å². The molecule has 1 heterocycles. The molecule has 1 aromatic carbocycles. The van der Waals surface area contributed by atoms with Crippen molar-refractivity contribution in [3.05, 3.63) is 23.8 Å². The van der Waals surface area contributed by atoms with Crippen molar-refractivity contribution in [1.29, 1.82) is 0 Å². The lowest BCUT2D eigenvalue weighted by Crippen LogP contribution is -2.47. The van der Waals surface area contributed by atoms with Crippen LogP contribution in [0.4, 0.5) is 0 Å². The van der Waals surface area contributed by atoms with E-state index in [-0.39, 0.29) is 23.3 Å². The Bertz CT molecular complexity index is 447. The van der Waals surface area contributed by atoms with Gasteiger partial charge in [0.05, 0.1) is 31.9 Å². The van der Waals surface area contributed by atoms with E-state index in [0.29, 0.717) is 25.5 Å². The third-order valence-electron chi connectivity index (χ3n) is 3.06. The van der Waals surface area contributed by atoms with E-state index in [4.69, 9.17) is 9.47 Å². The average molecular weight is 251 g/mol. The number of nitrogens with zero attached hydrogens (tertiary/aromatic N) is 1. The summed E-state index contributed by atoms with van der Waals surface area (Å²) in [7, 11) is 1.53. The second-order valence-electron chi connectivity index (χ2n) is 4.31. The minimum atomic E-state index is -0.192. The SMILES string of the molecule is COc1ccc(O)c(C(=O)N2CCOC[C@H]2C)c1. The normalized spacial score (nSPS) is 19.7. The summed E-state index contributed by atoms with van der Waals surface area (Å²) in [6.45, 7) is 3.52. The molecule has 0 spiro atoms. The Balaban J connectivity index is 2.27. The standard InChI is InChI=1S/C13H17NO4/c1-9-8-18-6-5-14(9)13(16)11-7-10(17-2)3-4-12(11)15/h3-4,7,9,15H,5-6,8H2,1-2H3/t9-/m1/s1. The molecule has 1 fully saturated rings. The number of carbonyl (C=O) groups is 1. The van der Waals surface area contributed by atoms with Gasteiger partial charge >= 0.3 is 0 Å². The number of methoxy groups -OCH3 is 1. The van der Waals surface area contributed by atoms with E-state index in [9.17, 15) is 9.90 Å². The Morgan fingerprint density at radius 2 is 2.33 bits per heavy atom. The minimum absolute atomic E-state index is 0.0110. The van der Waals surface area contributed by atoms with Crippen LogP contribution in [0.1, 0.15) is 17.3 Å². The number of rotatable bonds is 2. The largest absolute Gasteiger partial charge is 0.507 e. The predicted molar refractivity (Wildman–Crippen MR) is 66.0 cm³/mol. The molecule has 1 saturated heterocycles. The zero-order valence-electron chi connectivity index (χ0n) is 10.5. The fourth-order valence-electron chi connectivity index (χ4n) is 2.00. The third-order valence-corrected chi connectivity index (χ3v) is 3.06. The van der Waals surface area contributed by atoms with Crippen LogP contribution in [-0.4, -0.2) is 48.8 Å². The van der Waals surface area contributed by atoms with Crippen molar-refractivity contribution >= 4 is 5.91 Å². The lowest BCUT2D eigenvalue weighted by atomic mass is 10.1. The molecule has 1 aliphatic heterocycles. The molecular formula is C13H17NO4. The molecule has 2 rings (SSSR count). The van der Waals surface area contributed by atoms with E-state index in [0.717, 1.165) is 0 Å². The first-order chi connectivity index (χ1) is 8.63. The van der Waals surface area contributed by atoms with Crippen LogP contribution in [0.25, 0.3) is 0 Å². The smallest absolute Gasteiger partial charge is 0.258 e. The van der Waals surface area contributed by atoms with Crippen LogP contribution in [0.15, 0.2) is 18.2 Å². The van der Waals surface area contributed by atoms with Crippen molar-refractivity contribution in [2.24, 2.45) is 0 Å². The molecule has 5 nitrogen and oxygen atoms in total. The van der Waals surface area contributed by atoms with E-state index in [1.165, 1.54) is 13.2 Å². The van der Waals surface area contributed by atoms with Gasteiger partial charge in [-0.1, -0.05) is 0 Å². The number of ether oxygens (including phenoxy) is 2. The number of phenolic OH excluding ortho intramolecular Hbond substituents is 1. The molecule has 1 aromatic rings. The van der Waals surface area contributed by atoms with E-state index < -0.39 is 0 Å². The second kappa shape index (κ2) is 5.27. The van der Waals surface area contributed by atoms with Crippen LogP contribution in [0.2, 0.25) is 0 Å². The number of morpholine rings is 1. The number of hydrogen-bond donors (Lipinski definition) is 1. The quantitative estimate of drug-likeness (QED) is 0.859. The number of amides is 1. The molecule has 98 valence electrons. The Hall–Kier alpha value is -1.75. The highest BCUT2D eigenvalue weighted by molar-refractivity contribution is 5.97. The maximum Gasteiger partial charge on any atom is 0.258 e. The zero-order chi connectivity index (χ0) is 13.1. The Morgan fingerprint density at radius 1 is 1.56 bits per heavy atom. The summed E-state index contributed by atoms with van der Waals surface area (Å²) in [4.78, 5) is 14.1. The van der Waals surface area contributed by atoms with Crippen molar-refractivity contribution in [2.45, 2.75) is 13.0 Å². The highest BCUT2D eigenvalue weighted by Gasteiger charge is 2.26. The third kappa shape index (κ3) is 2.41. The predicted octanol–water partition coefficient (Wildman–Crippen LogP) is 1.26. The summed E-state index contributed by atoms with van der Waals surface area (Å²) < 4.78 is 10.4. The molecule has 0 saturated carbocycles. The van der Waals surface area contributed by atoms with E-state index in [1.54, 1.807) is 17.0 Å². The number of aromatic hydroxyl groups is 1. The van der Waals surface area contributed by atoms with E-state index in [2.05, 4.69) is 0 Å². The molecule has 0 unspecified atom stereocenters. The van der Waals surface area contributed by atoms with Gasteiger partial charge in [0.1, 0.15) is 11.5 Å². The van der Waals surface area contributed by atoms with Crippen LogP contribution >= 0.6 is 0 Å². The Morgan fingerprint density at radius 3 is 3.00 bits per heavy atom. The molecule has 0 radical (unpaired) electrons. The van der Waals surface area contributed by atoms with Crippen LogP contribution in [0, 0.1) is 0 Å². The molecule has 1 amide bonds. The maximum absolute atomic E-state index is 12.4. The van der Waals surface area contributed by atoms with Gasteiger partial charge in [-0.05, 0) is 25.1 Å². The molecule has 18 heavy (non-hydrogen) atoms. The first kappa shape index (κ1) is 12.7. The summed E-state index contributed by atoms with van der Waals surface area (Å²) in [6, 6.07) is 4.66. The number of carbonyl (C=O) groups excluding carboxylic acids is 1. The lowest BCUT2D eigenvalue weighted by molar-refractivity contribution is 0.00343. The Labute approximate surface area is 106 Å². The highest BCUT2D eigenvalue weighted by atomic mass is 16.5. The molecule has 1 aliphatic rings. The molecule has 1 N–H and O–H groups in total. The second-order valence-corrected chi connectivity index (χ2v) is 4.31. The van der Waals surface area contributed by atoms with Gasteiger partial charge < -0.3 is 19.5 Å². The summed E-state index contributed by atoms with van der Waals surface area (Å²) in [6.07, 6.45) is 0. The van der Waals surface area contributed by atoms with Crippen LogP contribution in [0.3, 0.4) is 0 Å². The Kier molecular flexibility index (Phi) is 3.72. The topological polar surface area (TPSA) is 59.0 Å². The fraction of sp³-hybridized carbons (Fsp3) is 0.462. The molecule has 0 aliphatic carbocycles. The van der Waals surface area contributed by atoms with Gasteiger partial charge in [0, 0.05) is 6.54 Å². The van der Waals surface area contributed by atoms with Gasteiger partial charge in [-0.25, -0.2) is 0 Å². The first-order valence-electron chi connectivity index (χ1n) is 5.89. The summed E-state index contributed by atoms with van der Waals surface area (Å²) in [5.41, 5.74) is 0.267. The van der Waals surface area contributed by atoms with Crippen LogP contribution in [-0.2, 0) is 4.74 Å². The van der Waals surface area contributed by atoms with Crippen molar-refractivity contribution in [3.63, 3.8) is 0 Å². The zero-order valence-corrected chi connectivity index (χ0v) is 10.5. The molecule has 1 atom stereocenters. The number of benzene rings is 1. The molecular weight excluding hydrogens is 234 g/mol. The van der Waals surface area contributed by atoms with E-state index >= 15 is 0 Å². The van der Waals surface area contributed by atoms with Crippen molar-refractivity contribution in [3.8, 4) is 11.5 Å². The number of phenols is 1. The highest BCUT2D eigenvalue weighted by Crippen LogP contribution is 2.25. The number of hydrogen-bond acceptors (Lipinski definition) is 4. The fourth-order valence-corrected chi connectivity index (χ4v) is 2.00. The van der Waals surface area contributed by atoms with Crippen molar-refractivity contribution < 1.29 is 19.4 Å². The first-order valence-corrected chi connectivity index (χ1v) is 5.89. The van der Waals surface area contributed by atoms with Gasteiger partial charge in [-0.2, -0.15) is 0 Å². The summed E-state index contributed by atoms with van der Waals surface area (Å²) >= 11 is 0. The van der Waals surface area contributed by atoms with Crippen LogP contribution in [0.5, 0.6) is 11.5 Å². The summed E-state index contributed by atoms with van der Waals surface area (Å²) in [5, 5.41) is 9.78. The minimum Gasteiger partial charge on any atom is -0.507 e. The average Bonchev–Trinajstić information content (AvgIpc) is 2.39. The summed E-state index contributed by atoms with van der Waals surface area (Å²) in [5.74, 6) is 0.332. The molecule has 0 aromatic heterocycles. The van der Waals surface area contributed by atoms with Gasteiger partial charge in [0.2, 0.25) is 0 Å². The maximum atomic E-state index is 12.4.